The monoisotopic (exact) mass is 465 g/mol. The SMILES string of the molecule is Cc1cnc2c(NC(=O)c3c(Cl)cccc3Cl)cccc2c1Oc1cccc(C(N)=O)c1. The number of halogens is 2. The van der Waals surface area contributed by atoms with Gasteiger partial charge in [0.05, 0.1) is 26.8 Å². The van der Waals surface area contributed by atoms with Crippen LogP contribution in [0.3, 0.4) is 0 Å². The molecule has 1 heterocycles. The third-order valence-electron chi connectivity index (χ3n) is 4.80. The molecule has 32 heavy (non-hydrogen) atoms. The van der Waals surface area contributed by atoms with E-state index in [-0.39, 0.29) is 15.6 Å². The molecule has 3 N–H and O–H groups in total. The van der Waals surface area contributed by atoms with Crippen molar-refractivity contribution in [3.8, 4) is 11.5 Å². The highest BCUT2D eigenvalue weighted by Crippen LogP contribution is 2.35. The number of ether oxygens (including phenoxy) is 1. The van der Waals surface area contributed by atoms with E-state index in [4.69, 9.17) is 33.7 Å². The molecule has 0 unspecified atom stereocenters. The van der Waals surface area contributed by atoms with E-state index in [0.717, 1.165) is 5.56 Å². The van der Waals surface area contributed by atoms with Crippen molar-refractivity contribution < 1.29 is 14.3 Å². The number of benzene rings is 3. The topological polar surface area (TPSA) is 94.3 Å². The summed E-state index contributed by atoms with van der Waals surface area (Å²) in [6.45, 7) is 1.86. The number of fused-ring (bicyclic) bond motifs is 1. The number of para-hydroxylation sites is 1. The fourth-order valence-electron chi connectivity index (χ4n) is 3.26. The summed E-state index contributed by atoms with van der Waals surface area (Å²) in [6, 6.07) is 16.8. The minimum absolute atomic E-state index is 0.180. The van der Waals surface area contributed by atoms with Gasteiger partial charge in [0, 0.05) is 22.7 Å². The quantitative estimate of drug-likeness (QED) is 0.378. The number of aromatic nitrogens is 1. The van der Waals surface area contributed by atoms with Crippen LogP contribution in [0.15, 0.2) is 66.9 Å². The second-order valence-corrected chi connectivity index (χ2v) is 7.83. The number of nitrogens with zero attached hydrogens (tertiary/aromatic N) is 1. The number of rotatable bonds is 5. The molecule has 8 heteroatoms. The van der Waals surface area contributed by atoms with Crippen LogP contribution < -0.4 is 15.8 Å². The Morgan fingerprint density at radius 3 is 2.41 bits per heavy atom. The van der Waals surface area contributed by atoms with Crippen molar-refractivity contribution in [2.75, 3.05) is 5.32 Å². The van der Waals surface area contributed by atoms with Gasteiger partial charge in [0.15, 0.2) is 0 Å². The number of hydrogen-bond donors (Lipinski definition) is 2. The van der Waals surface area contributed by atoms with Gasteiger partial charge in [-0.3, -0.25) is 14.6 Å². The molecule has 4 aromatic rings. The summed E-state index contributed by atoms with van der Waals surface area (Å²) >= 11 is 12.3. The smallest absolute Gasteiger partial charge is 0.258 e. The van der Waals surface area contributed by atoms with Crippen LogP contribution in [0, 0.1) is 6.92 Å². The fraction of sp³-hybridized carbons (Fsp3) is 0.0417. The summed E-state index contributed by atoms with van der Waals surface area (Å²) in [6.07, 6.45) is 1.65. The number of anilines is 1. The molecule has 2 amide bonds. The highest BCUT2D eigenvalue weighted by atomic mass is 35.5. The van der Waals surface area contributed by atoms with E-state index in [1.807, 2.05) is 13.0 Å². The van der Waals surface area contributed by atoms with Gasteiger partial charge in [-0.1, -0.05) is 41.4 Å². The van der Waals surface area contributed by atoms with Crippen LogP contribution >= 0.6 is 23.2 Å². The zero-order valence-electron chi connectivity index (χ0n) is 16.9. The molecule has 160 valence electrons. The lowest BCUT2D eigenvalue weighted by molar-refractivity contribution is 0.0997. The van der Waals surface area contributed by atoms with Crippen LogP contribution in [0.2, 0.25) is 10.0 Å². The third-order valence-corrected chi connectivity index (χ3v) is 5.43. The fourth-order valence-corrected chi connectivity index (χ4v) is 3.83. The standard InChI is InChI=1S/C24H17Cl2N3O3/c1-13-12-28-21-16(22(13)32-15-6-2-5-14(11-15)23(27)30)7-3-10-19(21)29-24(31)20-17(25)8-4-9-18(20)26/h2-12H,1H3,(H2,27,30)(H,29,31). The molecule has 1 aromatic heterocycles. The minimum atomic E-state index is -0.546. The first kappa shape index (κ1) is 21.6. The molecule has 0 radical (unpaired) electrons. The molecular weight excluding hydrogens is 449 g/mol. The van der Waals surface area contributed by atoms with Gasteiger partial charge in [0.25, 0.3) is 5.91 Å². The molecule has 0 aliphatic carbocycles. The van der Waals surface area contributed by atoms with Crippen LogP contribution in [0.4, 0.5) is 5.69 Å². The number of hydrogen-bond acceptors (Lipinski definition) is 4. The van der Waals surface area contributed by atoms with Gasteiger partial charge < -0.3 is 15.8 Å². The van der Waals surface area contributed by atoms with Crippen LogP contribution in [-0.2, 0) is 0 Å². The Balaban J connectivity index is 1.74. The Labute approximate surface area is 193 Å². The Morgan fingerprint density at radius 1 is 1.00 bits per heavy atom. The maximum absolute atomic E-state index is 12.9. The van der Waals surface area contributed by atoms with Gasteiger partial charge >= 0.3 is 0 Å². The lowest BCUT2D eigenvalue weighted by Crippen LogP contribution is -2.13. The molecule has 0 fully saturated rings. The van der Waals surface area contributed by atoms with Crippen molar-refractivity contribution >= 4 is 51.6 Å². The van der Waals surface area contributed by atoms with Gasteiger partial charge in [-0.25, -0.2) is 0 Å². The van der Waals surface area contributed by atoms with Crippen LogP contribution in [0.25, 0.3) is 10.9 Å². The number of carbonyl (C=O) groups is 2. The van der Waals surface area contributed by atoms with E-state index in [1.165, 1.54) is 0 Å². The summed E-state index contributed by atoms with van der Waals surface area (Å²) in [4.78, 5) is 28.8. The zero-order chi connectivity index (χ0) is 22.8. The first-order valence-electron chi connectivity index (χ1n) is 9.56. The predicted molar refractivity (Wildman–Crippen MR) is 126 cm³/mol. The molecule has 0 atom stereocenters. The average Bonchev–Trinajstić information content (AvgIpc) is 2.76. The highest BCUT2D eigenvalue weighted by Gasteiger charge is 2.18. The second-order valence-electron chi connectivity index (χ2n) is 7.02. The van der Waals surface area contributed by atoms with E-state index in [1.54, 1.807) is 60.8 Å². The molecule has 0 aliphatic heterocycles. The lowest BCUT2D eigenvalue weighted by Gasteiger charge is -2.15. The summed E-state index contributed by atoms with van der Waals surface area (Å²) in [7, 11) is 0. The van der Waals surface area contributed by atoms with Crippen LogP contribution in [-0.4, -0.2) is 16.8 Å². The van der Waals surface area contributed by atoms with Crippen molar-refractivity contribution in [3.63, 3.8) is 0 Å². The zero-order valence-corrected chi connectivity index (χ0v) is 18.4. The lowest BCUT2D eigenvalue weighted by atomic mass is 10.1. The summed E-state index contributed by atoms with van der Waals surface area (Å²) in [5, 5.41) is 4.00. The van der Waals surface area contributed by atoms with Crippen molar-refractivity contribution in [3.05, 3.63) is 93.6 Å². The van der Waals surface area contributed by atoms with E-state index in [9.17, 15) is 9.59 Å². The molecule has 0 spiro atoms. The largest absolute Gasteiger partial charge is 0.456 e. The summed E-state index contributed by atoms with van der Waals surface area (Å²) < 4.78 is 6.09. The average molecular weight is 466 g/mol. The molecule has 0 saturated heterocycles. The van der Waals surface area contributed by atoms with E-state index in [0.29, 0.717) is 33.7 Å². The van der Waals surface area contributed by atoms with E-state index >= 15 is 0 Å². The van der Waals surface area contributed by atoms with Gasteiger partial charge in [0.2, 0.25) is 5.91 Å². The Bertz CT molecular complexity index is 1350. The van der Waals surface area contributed by atoms with E-state index < -0.39 is 11.8 Å². The summed E-state index contributed by atoms with van der Waals surface area (Å²) in [5.41, 5.74) is 7.66. The van der Waals surface area contributed by atoms with Gasteiger partial charge in [-0.2, -0.15) is 0 Å². The number of nitrogens with one attached hydrogen (secondary N) is 1. The third kappa shape index (κ3) is 4.23. The molecular formula is C24H17Cl2N3O3. The Morgan fingerprint density at radius 2 is 1.69 bits per heavy atom. The number of aryl methyl sites for hydroxylation is 1. The van der Waals surface area contributed by atoms with Gasteiger partial charge in [0.1, 0.15) is 11.5 Å². The number of carbonyl (C=O) groups excluding carboxylic acids is 2. The molecule has 6 nitrogen and oxygen atoms in total. The number of nitrogens with two attached hydrogens (primary N) is 1. The first-order valence-corrected chi connectivity index (χ1v) is 10.3. The van der Waals surface area contributed by atoms with Crippen molar-refractivity contribution in [1.29, 1.82) is 0 Å². The normalized spacial score (nSPS) is 10.7. The predicted octanol–water partition coefficient (Wildman–Crippen LogP) is 5.99. The number of amides is 2. The highest BCUT2D eigenvalue weighted by molar-refractivity contribution is 6.40. The maximum atomic E-state index is 12.9. The van der Waals surface area contributed by atoms with Crippen molar-refractivity contribution in [1.82, 2.24) is 4.98 Å². The molecule has 0 saturated carbocycles. The molecule has 0 aliphatic rings. The second kappa shape index (κ2) is 8.86. The number of primary amides is 1. The van der Waals surface area contributed by atoms with Crippen molar-refractivity contribution in [2.45, 2.75) is 6.92 Å². The van der Waals surface area contributed by atoms with E-state index in [2.05, 4.69) is 10.3 Å². The maximum Gasteiger partial charge on any atom is 0.258 e. The molecule has 3 aromatic carbocycles. The number of pyridine rings is 1. The Kier molecular flexibility index (Phi) is 5.99. The molecule has 4 rings (SSSR count). The molecule has 0 bridgehead atoms. The Hall–Kier alpha value is -3.61. The summed E-state index contributed by atoms with van der Waals surface area (Å²) in [5.74, 6) is -0.000207. The van der Waals surface area contributed by atoms with Crippen molar-refractivity contribution in [2.24, 2.45) is 5.73 Å². The van der Waals surface area contributed by atoms with Gasteiger partial charge in [-0.05, 0) is 49.4 Å². The van der Waals surface area contributed by atoms with Crippen LogP contribution in [0.5, 0.6) is 11.5 Å². The van der Waals surface area contributed by atoms with Crippen LogP contribution in [0.1, 0.15) is 26.3 Å². The first-order chi connectivity index (χ1) is 15.3. The minimum Gasteiger partial charge on any atom is -0.456 e. The van der Waals surface area contributed by atoms with Gasteiger partial charge in [-0.15, -0.1) is 0 Å².